The van der Waals surface area contributed by atoms with E-state index in [-0.39, 0.29) is 11.9 Å². The van der Waals surface area contributed by atoms with E-state index in [9.17, 15) is 9.59 Å². The molecule has 1 aliphatic heterocycles. The van der Waals surface area contributed by atoms with Crippen molar-refractivity contribution in [3.8, 4) is 5.69 Å². The number of aromatic nitrogens is 1. The van der Waals surface area contributed by atoms with E-state index in [0.29, 0.717) is 17.3 Å². The summed E-state index contributed by atoms with van der Waals surface area (Å²) in [5.74, 6) is -0.301. The van der Waals surface area contributed by atoms with Gasteiger partial charge in [-0.1, -0.05) is 23.7 Å². The summed E-state index contributed by atoms with van der Waals surface area (Å²) in [6.07, 6.45) is 1.71. The number of rotatable bonds is 3. The molecule has 3 amide bonds. The molecule has 1 aromatic heterocycles. The molecular formula is C18H18ClN3O2. The van der Waals surface area contributed by atoms with Gasteiger partial charge >= 0.3 is 6.03 Å². The van der Waals surface area contributed by atoms with Crippen molar-refractivity contribution in [1.29, 1.82) is 0 Å². The van der Waals surface area contributed by atoms with Crippen molar-refractivity contribution < 1.29 is 9.59 Å². The Labute approximate surface area is 145 Å². The van der Waals surface area contributed by atoms with E-state index in [0.717, 1.165) is 22.6 Å². The Balaban J connectivity index is 2.05. The van der Waals surface area contributed by atoms with Gasteiger partial charge in [0.25, 0.3) is 5.91 Å². The van der Waals surface area contributed by atoms with Crippen LogP contribution in [-0.4, -0.2) is 28.0 Å². The number of amides is 3. The zero-order valence-electron chi connectivity index (χ0n) is 13.8. The average Bonchev–Trinajstić information content (AvgIpc) is 2.97. The first kappa shape index (κ1) is 16.3. The Morgan fingerprint density at radius 1 is 1.21 bits per heavy atom. The number of aryl methyl sites for hydroxylation is 1. The molecule has 5 nitrogen and oxygen atoms in total. The third kappa shape index (κ3) is 2.61. The SMILES string of the molecule is CCN1C(=O)N/C(=C/c2cc(C)n(-c3ccccc3Cl)c2C)C1=O. The zero-order valence-corrected chi connectivity index (χ0v) is 14.5. The van der Waals surface area contributed by atoms with Crippen molar-refractivity contribution in [3.63, 3.8) is 0 Å². The van der Waals surface area contributed by atoms with Crippen molar-refractivity contribution in [2.75, 3.05) is 6.54 Å². The lowest BCUT2D eigenvalue weighted by Crippen LogP contribution is -2.30. The molecule has 2 aromatic rings. The van der Waals surface area contributed by atoms with Gasteiger partial charge in [-0.15, -0.1) is 0 Å². The minimum Gasteiger partial charge on any atom is -0.316 e. The molecule has 24 heavy (non-hydrogen) atoms. The predicted octanol–water partition coefficient (Wildman–Crippen LogP) is 3.66. The smallest absolute Gasteiger partial charge is 0.316 e. The number of halogens is 1. The van der Waals surface area contributed by atoms with Crippen LogP contribution < -0.4 is 5.32 Å². The standard InChI is InChI=1S/C18H18ClN3O2/c1-4-21-17(23)15(20-18(21)24)10-13-9-11(2)22(12(13)3)16-8-6-5-7-14(16)19/h5-10H,4H2,1-3H3,(H,20,24)/b15-10+. The molecule has 0 bridgehead atoms. The highest BCUT2D eigenvalue weighted by atomic mass is 35.5. The number of imide groups is 1. The molecule has 1 aliphatic rings. The van der Waals surface area contributed by atoms with E-state index in [1.165, 1.54) is 4.90 Å². The number of carbonyl (C=O) groups excluding carboxylic acids is 2. The molecule has 0 unspecified atom stereocenters. The van der Waals surface area contributed by atoms with Crippen molar-refractivity contribution in [3.05, 3.63) is 58.0 Å². The van der Waals surface area contributed by atoms with Crippen LogP contribution in [0.4, 0.5) is 4.79 Å². The maximum atomic E-state index is 12.2. The Kier molecular flexibility index (Phi) is 4.20. The Hall–Kier alpha value is -2.53. The number of carbonyl (C=O) groups is 2. The fourth-order valence-electron chi connectivity index (χ4n) is 2.95. The third-order valence-corrected chi connectivity index (χ3v) is 4.46. The normalized spacial score (nSPS) is 16.2. The summed E-state index contributed by atoms with van der Waals surface area (Å²) in [6, 6.07) is 9.19. The van der Waals surface area contributed by atoms with Gasteiger partial charge in [-0.3, -0.25) is 9.69 Å². The highest BCUT2D eigenvalue weighted by molar-refractivity contribution is 6.32. The van der Waals surface area contributed by atoms with Crippen LogP contribution in [0, 0.1) is 13.8 Å². The van der Waals surface area contributed by atoms with Gasteiger partial charge in [0, 0.05) is 17.9 Å². The van der Waals surface area contributed by atoms with E-state index in [2.05, 4.69) is 5.32 Å². The molecule has 0 aliphatic carbocycles. The first-order chi connectivity index (χ1) is 11.4. The molecule has 1 fully saturated rings. The predicted molar refractivity (Wildman–Crippen MR) is 94.1 cm³/mol. The topological polar surface area (TPSA) is 54.3 Å². The van der Waals surface area contributed by atoms with E-state index in [1.54, 1.807) is 13.0 Å². The largest absolute Gasteiger partial charge is 0.328 e. The fourth-order valence-corrected chi connectivity index (χ4v) is 3.17. The van der Waals surface area contributed by atoms with Crippen LogP contribution in [0.15, 0.2) is 36.0 Å². The van der Waals surface area contributed by atoms with Crippen LogP contribution in [0.25, 0.3) is 11.8 Å². The molecule has 2 heterocycles. The summed E-state index contributed by atoms with van der Waals surface area (Å²) in [5, 5.41) is 3.28. The average molecular weight is 344 g/mol. The second kappa shape index (κ2) is 6.17. The molecule has 6 heteroatoms. The number of hydrogen-bond donors (Lipinski definition) is 1. The number of urea groups is 1. The van der Waals surface area contributed by atoms with Gasteiger partial charge in [0.15, 0.2) is 0 Å². The summed E-state index contributed by atoms with van der Waals surface area (Å²) in [7, 11) is 0. The number of nitrogens with zero attached hydrogens (tertiary/aromatic N) is 2. The van der Waals surface area contributed by atoms with E-state index in [4.69, 9.17) is 11.6 Å². The number of nitrogens with one attached hydrogen (secondary N) is 1. The molecule has 1 saturated heterocycles. The first-order valence-electron chi connectivity index (χ1n) is 7.72. The van der Waals surface area contributed by atoms with Crippen LogP contribution in [0.2, 0.25) is 5.02 Å². The Morgan fingerprint density at radius 2 is 1.92 bits per heavy atom. The molecule has 1 aromatic carbocycles. The zero-order chi connectivity index (χ0) is 17.4. The minimum atomic E-state index is -0.381. The fraction of sp³-hybridized carbons (Fsp3) is 0.222. The van der Waals surface area contributed by atoms with Gasteiger partial charge in [0.1, 0.15) is 5.70 Å². The van der Waals surface area contributed by atoms with E-state index < -0.39 is 0 Å². The maximum absolute atomic E-state index is 12.2. The van der Waals surface area contributed by atoms with E-state index >= 15 is 0 Å². The third-order valence-electron chi connectivity index (χ3n) is 4.14. The number of para-hydroxylation sites is 1. The van der Waals surface area contributed by atoms with Gasteiger partial charge in [-0.05, 0) is 50.6 Å². The number of likely N-dealkylation sites (N-methyl/N-ethyl adjacent to an activating group) is 1. The van der Waals surface area contributed by atoms with Gasteiger partial charge in [0.05, 0.1) is 10.7 Å². The second-order valence-corrected chi connectivity index (χ2v) is 6.06. The van der Waals surface area contributed by atoms with E-state index in [1.807, 2.05) is 48.7 Å². The molecule has 0 spiro atoms. The van der Waals surface area contributed by atoms with Crippen LogP contribution in [0.5, 0.6) is 0 Å². The van der Waals surface area contributed by atoms with Gasteiger partial charge < -0.3 is 9.88 Å². The second-order valence-electron chi connectivity index (χ2n) is 5.65. The van der Waals surface area contributed by atoms with Crippen LogP contribution in [0.3, 0.4) is 0 Å². The quantitative estimate of drug-likeness (QED) is 0.683. The summed E-state index contributed by atoms with van der Waals surface area (Å²) in [5.41, 5.74) is 3.99. The van der Waals surface area contributed by atoms with Crippen LogP contribution in [-0.2, 0) is 4.79 Å². The Bertz CT molecular complexity index is 867. The summed E-state index contributed by atoms with van der Waals surface area (Å²) < 4.78 is 2.04. The maximum Gasteiger partial charge on any atom is 0.328 e. The van der Waals surface area contributed by atoms with Crippen molar-refractivity contribution in [1.82, 2.24) is 14.8 Å². The summed E-state index contributed by atoms with van der Waals surface area (Å²) >= 11 is 6.31. The monoisotopic (exact) mass is 343 g/mol. The highest BCUT2D eigenvalue weighted by Crippen LogP contribution is 2.27. The lowest BCUT2D eigenvalue weighted by molar-refractivity contribution is -0.122. The first-order valence-corrected chi connectivity index (χ1v) is 8.10. The number of benzene rings is 1. The lowest BCUT2D eigenvalue weighted by Gasteiger charge is -2.11. The highest BCUT2D eigenvalue weighted by Gasteiger charge is 2.32. The molecule has 3 rings (SSSR count). The molecule has 124 valence electrons. The summed E-state index contributed by atoms with van der Waals surface area (Å²) in [4.78, 5) is 25.2. The van der Waals surface area contributed by atoms with Crippen molar-refractivity contribution >= 4 is 29.6 Å². The van der Waals surface area contributed by atoms with Gasteiger partial charge in [-0.2, -0.15) is 0 Å². The molecule has 0 atom stereocenters. The minimum absolute atomic E-state index is 0.293. The van der Waals surface area contributed by atoms with Gasteiger partial charge in [-0.25, -0.2) is 4.79 Å². The van der Waals surface area contributed by atoms with Gasteiger partial charge in [0.2, 0.25) is 0 Å². The molecular weight excluding hydrogens is 326 g/mol. The van der Waals surface area contributed by atoms with Crippen molar-refractivity contribution in [2.45, 2.75) is 20.8 Å². The van der Waals surface area contributed by atoms with Crippen LogP contribution in [0.1, 0.15) is 23.9 Å². The lowest BCUT2D eigenvalue weighted by atomic mass is 10.2. The van der Waals surface area contributed by atoms with Crippen LogP contribution >= 0.6 is 11.6 Å². The molecule has 0 radical (unpaired) electrons. The Morgan fingerprint density at radius 3 is 2.54 bits per heavy atom. The molecule has 0 saturated carbocycles. The summed E-state index contributed by atoms with van der Waals surface area (Å²) in [6.45, 7) is 6.05. The number of hydrogen-bond acceptors (Lipinski definition) is 2. The molecule has 1 N–H and O–H groups in total. The van der Waals surface area contributed by atoms with Crippen molar-refractivity contribution in [2.24, 2.45) is 0 Å².